The molecule has 0 aliphatic carbocycles. The van der Waals surface area contributed by atoms with Crippen molar-refractivity contribution in [1.29, 1.82) is 0 Å². The molecule has 0 radical (unpaired) electrons. The Hall–Kier alpha value is -1.75. The zero-order valence-corrected chi connectivity index (χ0v) is 15.5. The average molecular weight is 365 g/mol. The maximum Gasteiger partial charge on any atom is 0.227 e. The SMILES string of the molecule is CC(C)CN1CC(C(=O)N2CC(Oc3ccccc3Cl)C2)CCC1=O. The van der Waals surface area contributed by atoms with Gasteiger partial charge < -0.3 is 14.5 Å². The summed E-state index contributed by atoms with van der Waals surface area (Å²) in [5.74, 6) is 1.29. The summed E-state index contributed by atoms with van der Waals surface area (Å²) < 4.78 is 5.85. The fourth-order valence-electron chi connectivity index (χ4n) is 3.40. The van der Waals surface area contributed by atoms with Crippen molar-refractivity contribution in [3.63, 3.8) is 0 Å². The van der Waals surface area contributed by atoms with Crippen LogP contribution in [-0.2, 0) is 9.59 Å². The molecule has 2 heterocycles. The second-order valence-corrected chi connectivity index (χ2v) is 7.75. The summed E-state index contributed by atoms with van der Waals surface area (Å²) >= 11 is 6.10. The van der Waals surface area contributed by atoms with Gasteiger partial charge in [0.1, 0.15) is 11.9 Å². The Kier molecular flexibility index (Phi) is 5.52. The molecule has 25 heavy (non-hydrogen) atoms. The first-order valence-electron chi connectivity index (χ1n) is 8.91. The quantitative estimate of drug-likeness (QED) is 0.807. The smallest absolute Gasteiger partial charge is 0.227 e. The van der Waals surface area contributed by atoms with Crippen LogP contribution >= 0.6 is 11.6 Å². The number of para-hydroxylation sites is 1. The van der Waals surface area contributed by atoms with Gasteiger partial charge in [-0.15, -0.1) is 0 Å². The van der Waals surface area contributed by atoms with E-state index in [-0.39, 0.29) is 23.8 Å². The van der Waals surface area contributed by atoms with Crippen LogP contribution in [0.5, 0.6) is 5.75 Å². The Balaban J connectivity index is 1.50. The predicted molar refractivity (Wildman–Crippen MR) is 96.6 cm³/mol. The highest BCUT2D eigenvalue weighted by atomic mass is 35.5. The number of hydrogen-bond donors (Lipinski definition) is 0. The molecule has 1 atom stereocenters. The number of nitrogens with zero attached hydrogens (tertiary/aromatic N) is 2. The molecule has 2 aliphatic rings. The van der Waals surface area contributed by atoms with Crippen LogP contribution in [0.1, 0.15) is 26.7 Å². The van der Waals surface area contributed by atoms with Crippen LogP contribution in [-0.4, -0.2) is 53.9 Å². The zero-order chi connectivity index (χ0) is 18.0. The number of benzene rings is 1. The van der Waals surface area contributed by atoms with Crippen molar-refractivity contribution < 1.29 is 14.3 Å². The van der Waals surface area contributed by atoms with Gasteiger partial charge in [-0.05, 0) is 24.5 Å². The lowest BCUT2D eigenvalue weighted by molar-refractivity contribution is -0.149. The Labute approximate surface area is 153 Å². The highest BCUT2D eigenvalue weighted by Gasteiger charge is 2.38. The molecule has 2 fully saturated rings. The van der Waals surface area contributed by atoms with Crippen LogP contribution in [0.15, 0.2) is 24.3 Å². The van der Waals surface area contributed by atoms with Gasteiger partial charge in [-0.1, -0.05) is 37.6 Å². The molecule has 6 heteroatoms. The van der Waals surface area contributed by atoms with Crippen LogP contribution in [0.4, 0.5) is 0 Å². The summed E-state index contributed by atoms with van der Waals surface area (Å²) in [6.07, 6.45) is 1.11. The number of carbonyl (C=O) groups is 2. The standard InChI is InChI=1S/C19H25ClN2O3/c1-13(2)9-21-10-14(7-8-18(21)23)19(24)22-11-15(12-22)25-17-6-4-3-5-16(17)20/h3-6,13-15H,7-12H2,1-2H3. The molecule has 0 aromatic heterocycles. The topological polar surface area (TPSA) is 49.9 Å². The largest absolute Gasteiger partial charge is 0.485 e. The molecule has 5 nitrogen and oxygen atoms in total. The van der Waals surface area contributed by atoms with Crippen LogP contribution in [0.2, 0.25) is 5.02 Å². The number of ether oxygens (including phenoxy) is 1. The van der Waals surface area contributed by atoms with Gasteiger partial charge in [0.25, 0.3) is 0 Å². The molecule has 1 unspecified atom stereocenters. The maximum absolute atomic E-state index is 12.7. The maximum atomic E-state index is 12.7. The fraction of sp³-hybridized carbons (Fsp3) is 0.579. The Morgan fingerprint density at radius 3 is 2.68 bits per heavy atom. The van der Waals surface area contributed by atoms with Crippen molar-refractivity contribution in [2.24, 2.45) is 11.8 Å². The van der Waals surface area contributed by atoms with Crippen LogP contribution < -0.4 is 4.74 Å². The number of piperidine rings is 1. The molecule has 0 spiro atoms. The van der Waals surface area contributed by atoms with Gasteiger partial charge in [0, 0.05) is 19.5 Å². The Bertz CT molecular complexity index is 643. The van der Waals surface area contributed by atoms with Crippen LogP contribution in [0.3, 0.4) is 0 Å². The molecule has 2 saturated heterocycles. The number of hydrogen-bond acceptors (Lipinski definition) is 3. The van der Waals surface area contributed by atoms with E-state index in [0.717, 1.165) is 6.54 Å². The van der Waals surface area contributed by atoms with E-state index in [2.05, 4.69) is 13.8 Å². The number of rotatable bonds is 5. The summed E-state index contributed by atoms with van der Waals surface area (Å²) in [6.45, 7) is 6.61. The molecule has 2 aliphatic heterocycles. The van der Waals surface area contributed by atoms with E-state index in [9.17, 15) is 9.59 Å². The lowest BCUT2D eigenvalue weighted by Crippen LogP contribution is -2.59. The number of carbonyl (C=O) groups excluding carboxylic acids is 2. The van der Waals surface area contributed by atoms with Gasteiger partial charge in [-0.3, -0.25) is 9.59 Å². The first-order chi connectivity index (χ1) is 11.9. The van der Waals surface area contributed by atoms with Crippen molar-refractivity contribution >= 4 is 23.4 Å². The van der Waals surface area contributed by atoms with Crippen molar-refractivity contribution in [3.8, 4) is 5.75 Å². The molecular formula is C19H25ClN2O3. The lowest BCUT2D eigenvalue weighted by atomic mass is 9.94. The van der Waals surface area contributed by atoms with E-state index in [1.807, 2.05) is 28.0 Å². The van der Waals surface area contributed by atoms with Crippen molar-refractivity contribution in [3.05, 3.63) is 29.3 Å². The second kappa shape index (κ2) is 7.65. The minimum atomic E-state index is -0.0855. The van der Waals surface area contributed by atoms with Gasteiger partial charge in [-0.2, -0.15) is 0 Å². The average Bonchev–Trinajstić information content (AvgIpc) is 2.53. The van der Waals surface area contributed by atoms with Gasteiger partial charge in [0.2, 0.25) is 11.8 Å². The minimum absolute atomic E-state index is 0.0131. The Morgan fingerprint density at radius 1 is 1.28 bits per heavy atom. The number of amides is 2. The minimum Gasteiger partial charge on any atom is -0.485 e. The third-order valence-corrected chi connectivity index (χ3v) is 5.04. The van der Waals surface area contributed by atoms with Gasteiger partial charge in [0.15, 0.2) is 0 Å². The summed E-state index contributed by atoms with van der Waals surface area (Å²) in [6, 6.07) is 7.37. The van der Waals surface area contributed by atoms with Crippen molar-refractivity contribution in [2.75, 3.05) is 26.2 Å². The number of likely N-dealkylation sites (tertiary alicyclic amines) is 2. The monoisotopic (exact) mass is 364 g/mol. The second-order valence-electron chi connectivity index (χ2n) is 7.34. The lowest BCUT2D eigenvalue weighted by Gasteiger charge is -2.42. The molecule has 0 saturated carbocycles. The van der Waals surface area contributed by atoms with Gasteiger partial charge in [-0.25, -0.2) is 0 Å². The van der Waals surface area contributed by atoms with Crippen LogP contribution in [0.25, 0.3) is 0 Å². The van der Waals surface area contributed by atoms with Gasteiger partial charge in [0.05, 0.1) is 24.0 Å². The summed E-state index contributed by atoms with van der Waals surface area (Å²) in [5.41, 5.74) is 0. The van der Waals surface area contributed by atoms with Crippen molar-refractivity contribution in [2.45, 2.75) is 32.8 Å². The molecule has 0 bridgehead atoms. The predicted octanol–water partition coefficient (Wildman–Crippen LogP) is 2.82. The van der Waals surface area contributed by atoms with E-state index in [1.54, 1.807) is 6.07 Å². The van der Waals surface area contributed by atoms with E-state index in [4.69, 9.17) is 16.3 Å². The molecule has 136 valence electrons. The fourth-order valence-corrected chi connectivity index (χ4v) is 3.58. The summed E-state index contributed by atoms with van der Waals surface area (Å²) in [7, 11) is 0. The highest BCUT2D eigenvalue weighted by molar-refractivity contribution is 6.32. The van der Waals surface area contributed by atoms with E-state index in [0.29, 0.717) is 49.2 Å². The molecule has 3 rings (SSSR count). The summed E-state index contributed by atoms with van der Waals surface area (Å²) in [4.78, 5) is 28.4. The molecular weight excluding hydrogens is 340 g/mol. The normalized spacial score (nSPS) is 21.4. The van der Waals surface area contributed by atoms with Crippen molar-refractivity contribution in [1.82, 2.24) is 9.80 Å². The highest BCUT2D eigenvalue weighted by Crippen LogP contribution is 2.28. The van der Waals surface area contributed by atoms with Crippen LogP contribution in [0, 0.1) is 11.8 Å². The molecule has 1 aromatic rings. The third kappa shape index (κ3) is 4.27. The van der Waals surface area contributed by atoms with E-state index >= 15 is 0 Å². The molecule has 0 N–H and O–H groups in total. The number of halogens is 1. The first-order valence-corrected chi connectivity index (χ1v) is 9.29. The van der Waals surface area contributed by atoms with E-state index < -0.39 is 0 Å². The molecule has 2 amide bonds. The van der Waals surface area contributed by atoms with E-state index in [1.165, 1.54) is 0 Å². The van der Waals surface area contributed by atoms with Gasteiger partial charge >= 0.3 is 0 Å². The zero-order valence-electron chi connectivity index (χ0n) is 14.8. The first kappa shape index (κ1) is 18.1. The summed E-state index contributed by atoms with van der Waals surface area (Å²) in [5, 5.41) is 0.586. The third-order valence-electron chi connectivity index (χ3n) is 4.72. The molecule has 1 aromatic carbocycles. The Morgan fingerprint density at radius 2 is 2.00 bits per heavy atom.